The van der Waals surface area contributed by atoms with Gasteiger partial charge >= 0.3 is 0 Å². The third-order valence-electron chi connectivity index (χ3n) is 3.04. The fourth-order valence-electron chi connectivity index (χ4n) is 1.86. The summed E-state index contributed by atoms with van der Waals surface area (Å²) in [6, 6.07) is 7.45. The molecule has 0 saturated carbocycles. The van der Waals surface area contributed by atoms with Crippen molar-refractivity contribution in [1.29, 1.82) is 0 Å². The average molecular weight is 258 g/mol. The Hall–Kier alpha value is -2.10. The topological polar surface area (TPSA) is 55.0 Å². The van der Waals surface area contributed by atoms with Gasteiger partial charge in [-0.25, -0.2) is 4.98 Å². The number of nitrogens with one attached hydrogen (secondary N) is 1. The number of nitrogens with zero attached hydrogens (tertiary/aromatic N) is 1. The molecule has 0 amide bonds. The highest BCUT2D eigenvalue weighted by Crippen LogP contribution is 2.18. The van der Waals surface area contributed by atoms with Crippen molar-refractivity contribution >= 4 is 0 Å². The van der Waals surface area contributed by atoms with Gasteiger partial charge in [0, 0.05) is 17.3 Å². The van der Waals surface area contributed by atoms with E-state index in [-0.39, 0.29) is 5.56 Å². The molecule has 1 aromatic carbocycles. The predicted molar refractivity (Wildman–Crippen MR) is 75.5 cm³/mol. The number of rotatable bonds is 5. The highest BCUT2D eigenvalue weighted by atomic mass is 16.5. The van der Waals surface area contributed by atoms with Gasteiger partial charge in [-0.1, -0.05) is 13.3 Å². The number of benzene rings is 1. The van der Waals surface area contributed by atoms with Crippen molar-refractivity contribution in [2.24, 2.45) is 0 Å². The van der Waals surface area contributed by atoms with Crippen LogP contribution in [-0.2, 0) is 6.42 Å². The van der Waals surface area contributed by atoms with Gasteiger partial charge in [0.2, 0.25) is 0 Å². The van der Waals surface area contributed by atoms with Gasteiger partial charge in [-0.15, -0.1) is 0 Å². The molecule has 100 valence electrons. The van der Waals surface area contributed by atoms with Gasteiger partial charge in [0.1, 0.15) is 11.6 Å². The van der Waals surface area contributed by atoms with E-state index in [2.05, 4.69) is 16.9 Å². The fourth-order valence-corrected chi connectivity index (χ4v) is 1.86. The molecule has 2 rings (SSSR count). The molecule has 0 aliphatic carbocycles. The molecule has 4 heteroatoms. The van der Waals surface area contributed by atoms with Gasteiger partial charge in [0.25, 0.3) is 5.56 Å². The van der Waals surface area contributed by atoms with Crippen LogP contribution in [-0.4, -0.2) is 17.1 Å². The van der Waals surface area contributed by atoms with Crippen LogP contribution in [0, 0.1) is 0 Å². The third-order valence-corrected chi connectivity index (χ3v) is 3.04. The Balaban J connectivity index is 2.25. The van der Waals surface area contributed by atoms with Crippen LogP contribution in [0.3, 0.4) is 0 Å². The molecule has 2 aromatic rings. The second-order valence-electron chi connectivity index (χ2n) is 4.42. The average Bonchev–Trinajstić information content (AvgIpc) is 2.46. The molecule has 0 unspecified atom stereocenters. The van der Waals surface area contributed by atoms with Crippen LogP contribution in [0.1, 0.15) is 25.3 Å². The molecule has 0 radical (unpaired) electrons. The van der Waals surface area contributed by atoms with Crippen LogP contribution < -0.4 is 10.3 Å². The predicted octanol–water partition coefficient (Wildman–Crippen LogP) is 2.79. The minimum atomic E-state index is -0.0470. The molecule has 0 fully saturated rings. The zero-order chi connectivity index (χ0) is 13.7. The van der Waals surface area contributed by atoms with E-state index in [9.17, 15) is 4.79 Å². The van der Waals surface area contributed by atoms with Crippen molar-refractivity contribution in [3.63, 3.8) is 0 Å². The van der Waals surface area contributed by atoms with E-state index in [1.54, 1.807) is 13.3 Å². The lowest BCUT2D eigenvalue weighted by molar-refractivity contribution is 0.415. The van der Waals surface area contributed by atoms with Crippen molar-refractivity contribution in [2.75, 3.05) is 7.11 Å². The molecule has 0 bridgehead atoms. The Kier molecular flexibility index (Phi) is 4.34. The second-order valence-corrected chi connectivity index (χ2v) is 4.42. The number of ether oxygens (including phenoxy) is 1. The van der Waals surface area contributed by atoms with E-state index >= 15 is 0 Å². The highest BCUT2D eigenvalue weighted by Gasteiger charge is 2.04. The quantitative estimate of drug-likeness (QED) is 0.897. The highest BCUT2D eigenvalue weighted by molar-refractivity contribution is 5.55. The van der Waals surface area contributed by atoms with Crippen LogP contribution >= 0.6 is 0 Å². The first-order valence-corrected chi connectivity index (χ1v) is 6.47. The minimum Gasteiger partial charge on any atom is -0.497 e. The van der Waals surface area contributed by atoms with Crippen molar-refractivity contribution in [3.05, 3.63) is 46.4 Å². The number of hydrogen-bond donors (Lipinski definition) is 1. The zero-order valence-electron chi connectivity index (χ0n) is 11.3. The zero-order valence-corrected chi connectivity index (χ0v) is 11.3. The molecule has 0 atom stereocenters. The molecule has 0 saturated heterocycles. The summed E-state index contributed by atoms with van der Waals surface area (Å²) in [5, 5.41) is 0. The number of methoxy groups -OCH3 is 1. The lowest BCUT2D eigenvalue weighted by Gasteiger charge is -2.04. The number of hydrogen-bond acceptors (Lipinski definition) is 3. The maximum atomic E-state index is 11.9. The maximum absolute atomic E-state index is 11.9. The van der Waals surface area contributed by atoms with Gasteiger partial charge in [-0.05, 0) is 37.1 Å². The molecule has 0 spiro atoms. The first-order chi connectivity index (χ1) is 9.24. The summed E-state index contributed by atoms with van der Waals surface area (Å²) in [5.74, 6) is 1.37. The summed E-state index contributed by atoms with van der Waals surface area (Å²) in [6.45, 7) is 2.10. The van der Waals surface area contributed by atoms with Crippen LogP contribution in [0.2, 0.25) is 0 Å². The van der Waals surface area contributed by atoms with Crippen molar-refractivity contribution in [1.82, 2.24) is 9.97 Å². The molecule has 1 heterocycles. The maximum Gasteiger partial charge on any atom is 0.254 e. The Labute approximate surface area is 112 Å². The van der Waals surface area contributed by atoms with Crippen LogP contribution in [0.5, 0.6) is 5.75 Å². The number of H-pyrrole nitrogens is 1. The molecule has 0 aliphatic rings. The first kappa shape index (κ1) is 13.3. The smallest absolute Gasteiger partial charge is 0.254 e. The summed E-state index contributed by atoms with van der Waals surface area (Å²) in [4.78, 5) is 19.1. The lowest BCUT2D eigenvalue weighted by Crippen LogP contribution is -2.14. The molecule has 0 aliphatic heterocycles. The van der Waals surface area contributed by atoms with Gasteiger partial charge in [-0.3, -0.25) is 4.79 Å². The summed E-state index contributed by atoms with van der Waals surface area (Å²) in [6.07, 6.45) is 4.53. The number of unbranched alkanes of at least 4 members (excludes halogenated alkanes) is 1. The second kappa shape index (κ2) is 6.18. The Morgan fingerprint density at radius 1 is 1.26 bits per heavy atom. The SMILES string of the molecule is CCCCc1cnc(-c2ccc(OC)cc2)[nH]c1=O. The fraction of sp³-hybridized carbons (Fsp3) is 0.333. The molecule has 1 aromatic heterocycles. The van der Waals surface area contributed by atoms with E-state index in [1.165, 1.54) is 0 Å². The van der Waals surface area contributed by atoms with E-state index in [0.717, 1.165) is 36.1 Å². The van der Waals surface area contributed by atoms with Crippen LogP contribution in [0.4, 0.5) is 0 Å². The number of aryl methyl sites for hydroxylation is 1. The van der Waals surface area contributed by atoms with Crippen molar-refractivity contribution in [3.8, 4) is 17.1 Å². The van der Waals surface area contributed by atoms with Crippen molar-refractivity contribution < 1.29 is 4.74 Å². The summed E-state index contributed by atoms with van der Waals surface area (Å²) < 4.78 is 5.10. The normalized spacial score (nSPS) is 10.4. The van der Waals surface area contributed by atoms with Gasteiger partial charge < -0.3 is 9.72 Å². The minimum absolute atomic E-state index is 0.0470. The van der Waals surface area contributed by atoms with Crippen LogP contribution in [0.15, 0.2) is 35.3 Å². The number of aromatic nitrogens is 2. The Morgan fingerprint density at radius 2 is 2.00 bits per heavy atom. The van der Waals surface area contributed by atoms with Crippen LogP contribution in [0.25, 0.3) is 11.4 Å². The first-order valence-electron chi connectivity index (χ1n) is 6.47. The Bertz CT molecular complexity index is 588. The summed E-state index contributed by atoms with van der Waals surface area (Å²) in [5.41, 5.74) is 1.58. The van der Waals surface area contributed by atoms with E-state index < -0.39 is 0 Å². The lowest BCUT2D eigenvalue weighted by atomic mass is 10.1. The standard InChI is InChI=1S/C15H18N2O2/c1-3-4-5-12-10-16-14(17-15(12)18)11-6-8-13(19-2)9-7-11/h6-10H,3-5H2,1-2H3,(H,16,17,18). The third kappa shape index (κ3) is 3.22. The van der Waals surface area contributed by atoms with Gasteiger partial charge in [-0.2, -0.15) is 0 Å². The summed E-state index contributed by atoms with van der Waals surface area (Å²) in [7, 11) is 1.62. The monoisotopic (exact) mass is 258 g/mol. The molecular formula is C15H18N2O2. The van der Waals surface area contributed by atoms with E-state index in [1.807, 2.05) is 24.3 Å². The van der Waals surface area contributed by atoms with E-state index in [0.29, 0.717) is 5.82 Å². The molecule has 1 N–H and O–H groups in total. The largest absolute Gasteiger partial charge is 0.497 e. The van der Waals surface area contributed by atoms with Gasteiger partial charge in [0.05, 0.1) is 7.11 Å². The Morgan fingerprint density at radius 3 is 2.58 bits per heavy atom. The van der Waals surface area contributed by atoms with Gasteiger partial charge in [0.15, 0.2) is 0 Å². The summed E-state index contributed by atoms with van der Waals surface area (Å²) >= 11 is 0. The molecule has 4 nitrogen and oxygen atoms in total. The molecular weight excluding hydrogens is 240 g/mol. The van der Waals surface area contributed by atoms with E-state index in [4.69, 9.17) is 4.74 Å². The van der Waals surface area contributed by atoms with Crippen molar-refractivity contribution in [2.45, 2.75) is 26.2 Å². The number of aromatic amines is 1. The molecule has 19 heavy (non-hydrogen) atoms.